The van der Waals surface area contributed by atoms with Gasteiger partial charge in [-0.2, -0.15) is 0 Å². The minimum absolute atomic E-state index is 0.0211. The summed E-state index contributed by atoms with van der Waals surface area (Å²) < 4.78 is 10.5. The van der Waals surface area contributed by atoms with Gasteiger partial charge in [0.1, 0.15) is 19.1 Å². The number of rotatable bonds is 4. The zero-order valence-electron chi connectivity index (χ0n) is 13.7. The maximum atomic E-state index is 12.4. The van der Waals surface area contributed by atoms with Crippen LogP contribution >= 0.6 is 0 Å². The number of amides is 3. The van der Waals surface area contributed by atoms with Crippen LogP contribution in [0, 0.1) is 0 Å². The van der Waals surface area contributed by atoms with Gasteiger partial charge < -0.3 is 24.6 Å². The predicted octanol–water partition coefficient (Wildman–Crippen LogP) is -0.135. The lowest BCUT2D eigenvalue weighted by Crippen LogP contribution is -2.58. The molecular weight excluding hydrogens is 326 g/mol. The summed E-state index contributed by atoms with van der Waals surface area (Å²) in [5.74, 6) is 0.852. The fourth-order valence-electron chi connectivity index (χ4n) is 3.48. The molecule has 0 saturated carbocycles. The minimum atomic E-state index is -0.386. The summed E-state index contributed by atoms with van der Waals surface area (Å²) in [6, 6.07) is 5.07. The molecule has 1 unspecified atom stereocenters. The molecule has 0 radical (unpaired) electrons. The van der Waals surface area contributed by atoms with Crippen LogP contribution < -0.4 is 14.8 Å². The second-order valence-corrected chi connectivity index (χ2v) is 6.40. The lowest BCUT2D eigenvalue weighted by molar-refractivity contribution is -0.154. The van der Waals surface area contributed by atoms with Crippen LogP contribution in [0.3, 0.4) is 0 Å². The van der Waals surface area contributed by atoms with E-state index < -0.39 is 0 Å². The number of fused-ring (bicyclic) bond motifs is 2. The Morgan fingerprint density at radius 3 is 2.96 bits per heavy atom. The van der Waals surface area contributed by atoms with Crippen molar-refractivity contribution in [3.63, 3.8) is 0 Å². The minimum Gasteiger partial charge on any atom is -0.454 e. The summed E-state index contributed by atoms with van der Waals surface area (Å²) in [5, 5.41) is 2.78. The van der Waals surface area contributed by atoms with Crippen LogP contribution in [0.4, 0.5) is 0 Å². The number of nitrogens with zero attached hydrogens (tertiary/aromatic N) is 2. The molecule has 3 aliphatic heterocycles. The van der Waals surface area contributed by atoms with Crippen molar-refractivity contribution >= 4 is 17.7 Å². The average molecular weight is 345 g/mol. The maximum Gasteiger partial charge on any atom is 0.246 e. The Bertz CT molecular complexity index is 735. The van der Waals surface area contributed by atoms with Gasteiger partial charge in [-0.3, -0.25) is 14.4 Å². The molecular formula is C17H19N3O5. The van der Waals surface area contributed by atoms with Crippen LogP contribution in [0.5, 0.6) is 11.5 Å². The number of benzene rings is 1. The quantitative estimate of drug-likeness (QED) is 0.821. The van der Waals surface area contributed by atoms with Crippen LogP contribution in [0.15, 0.2) is 18.2 Å². The van der Waals surface area contributed by atoms with E-state index in [1.165, 1.54) is 4.90 Å². The molecule has 25 heavy (non-hydrogen) atoms. The van der Waals surface area contributed by atoms with Crippen molar-refractivity contribution in [3.05, 3.63) is 23.8 Å². The highest BCUT2D eigenvalue weighted by Gasteiger charge is 2.42. The van der Waals surface area contributed by atoms with Crippen LogP contribution in [0.2, 0.25) is 0 Å². The third-order valence-electron chi connectivity index (χ3n) is 4.76. The summed E-state index contributed by atoms with van der Waals surface area (Å²) in [7, 11) is 0. The molecule has 8 nitrogen and oxygen atoms in total. The molecule has 8 heteroatoms. The van der Waals surface area contributed by atoms with Gasteiger partial charge in [-0.05, 0) is 30.5 Å². The van der Waals surface area contributed by atoms with Gasteiger partial charge in [0.2, 0.25) is 24.5 Å². The smallest absolute Gasteiger partial charge is 0.246 e. The molecule has 1 atom stereocenters. The van der Waals surface area contributed by atoms with Gasteiger partial charge in [-0.25, -0.2) is 0 Å². The monoisotopic (exact) mass is 345 g/mol. The van der Waals surface area contributed by atoms with E-state index >= 15 is 0 Å². The highest BCUT2D eigenvalue weighted by atomic mass is 16.7. The molecule has 3 aliphatic rings. The number of carbonyl (C=O) groups excluding carboxylic acids is 3. The fourth-order valence-corrected chi connectivity index (χ4v) is 3.48. The second-order valence-electron chi connectivity index (χ2n) is 6.40. The van der Waals surface area contributed by atoms with Crippen molar-refractivity contribution in [1.29, 1.82) is 0 Å². The van der Waals surface area contributed by atoms with Crippen molar-refractivity contribution in [2.75, 3.05) is 26.4 Å². The topological polar surface area (TPSA) is 88.2 Å². The molecule has 1 aromatic carbocycles. The van der Waals surface area contributed by atoms with E-state index in [9.17, 15) is 14.4 Å². The van der Waals surface area contributed by atoms with Crippen LogP contribution in [0.1, 0.15) is 18.4 Å². The summed E-state index contributed by atoms with van der Waals surface area (Å²) in [6.07, 6.45) is 1.52. The van der Waals surface area contributed by atoms with E-state index in [0.29, 0.717) is 31.0 Å². The van der Waals surface area contributed by atoms with E-state index in [-0.39, 0.29) is 43.6 Å². The molecule has 1 aromatic rings. The van der Waals surface area contributed by atoms with Gasteiger partial charge in [-0.1, -0.05) is 6.07 Å². The Morgan fingerprint density at radius 2 is 2.08 bits per heavy atom. The molecule has 0 bridgehead atoms. The Hall–Kier alpha value is -2.77. The summed E-state index contributed by atoms with van der Waals surface area (Å²) in [6.45, 7) is 1.04. The van der Waals surface area contributed by atoms with E-state index in [4.69, 9.17) is 9.47 Å². The van der Waals surface area contributed by atoms with Crippen LogP contribution in [-0.4, -0.2) is 60.0 Å². The third kappa shape index (κ3) is 2.99. The highest BCUT2D eigenvalue weighted by molar-refractivity contribution is 5.97. The van der Waals surface area contributed by atoms with Gasteiger partial charge in [-0.15, -0.1) is 0 Å². The van der Waals surface area contributed by atoms with E-state index in [2.05, 4.69) is 5.32 Å². The Labute approximate surface area is 144 Å². The maximum absolute atomic E-state index is 12.4. The first-order valence-electron chi connectivity index (χ1n) is 8.35. The lowest BCUT2D eigenvalue weighted by Gasteiger charge is -2.35. The Kier molecular flexibility index (Phi) is 3.95. The third-order valence-corrected chi connectivity index (χ3v) is 4.76. The molecule has 0 aromatic heterocycles. The van der Waals surface area contributed by atoms with Crippen LogP contribution in [0.25, 0.3) is 0 Å². The highest BCUT2D eigenvalue weighted by Crippen LogP contribution is 2.32. The van der Waals surface area contributed by atoms with Crippen molar-refractivity contribution < 1.29 is 23.9 Å². The van der Waals surface area contributed by atoms with E-state index in [0.717, 1.165) is 12.0 Å². The Morgan fingerprint density at radius 1 is 1.24 bits per heavy atom. The molecule has 2 fully saturated rings. The van der Waals surface area contributed by atoms with Crippen LogP contribution in [-0.2, 0) is 20.9 Å². The molecule has 132 valence electrons. The first-order chi connectivity index (χ1) is 12.1. The van der Waals surface area contributed by atoms with Gasteiger partial charge in [0.05, 0.1) is 0 Å². The van der Waals surface area contributed by atoms with Crippen molar-refractivity contribution in [2.24, 2.45) is 0 Å². The molecule has 0 spiro atoms. The largest absolute Gasteiger partial charge is 0.454 e. The number of piperazine rings is 1. The van der Waals surface area contributed by atoms with Crippen molar-refractivity contribution in [3.8, 4) is 11.5 Å². The lowest BCUT2D eigenvalue weighted by atomic mass is 10.1. The molecule has 4 rings (SSSR count). The van der Waals surface area contributed by atoms with Crippen molar-refractivity contribution in [2.45, 2.75) is 25.4 Å². The van der Waals surface area contributed by atoms with Gasteiger partial charge >= 0.3 is 0 Å². The first-order valence-corrected chi connectivity index (χ1v) is 8.35. The summed E-state index contributed by atoms with van der Waals surface area (Å²) in [5.41, 5.74) is 0.876. The molecule has 0 aliphatic carbocycles. The van der Waals surface area contributed by atoms with Gasteiger partial charge in [0.15, 0.2) is 11.5 Å². The Balaban J connectivity index is 1.33. The number of hydrogen-bond donors (Lipinski definition) is 1. The zero-order chi connectivity index (χ0) is 17.4. The molecule has 2 saturated heterocycles. The first kappa shape index (κ1) is 15.7. The van der Waals surface area contributed by atoms with E-state index in [1.54, 1.807) is 11.0 Å². The molecule has 3 heterocycles. The van der Waals surface area contributed by atoms with Crippen molar-refractivity contribution in [1.82, 2.24) is 15.1 Å². The summed E-state index contributed by atoms with van der Waals surface area (Å²) in [4.78, 5) is 39.6. The van der Waals surface area contributed by atoms with Gasteiger partial charge in [0, 0.05) is 13.1 Å². The predicted molar refractivity (Wildman–Crippen MR) is 85.7 cm³/mol. The zero-order valence-corrected chi connectivity index (χ0v) is 13.7. The van der Waals surface area contributed by atoms with Gasteiger partial charge in [0.25, 0.3) is 0 Å². The normalized spacial score (nSPS) is 21.5. The number of carbonyl (C=O) groups is 3. The second kappa shape index (κ2) is 6.27. The SMILES string of the molecule is O=C(CN1CC(=O)N2CCCC2C1=O)NCc1ccc2c(c1)OCO2. The number of hydrogen-bond acceptors (Lipinski definition) is 5. The summed E-state index contributed by atoms with van der Waals surface area (Å²) >= 11 is 0. The fraction of sp³-hybridized carbons (Fsp3) is 0.471. The number of ether oxygens (including phenoxy) is 2. The number of nitrogens with one attached hydrogen (secondary N) is 1. The van der Waals surface area contributed by atoms with E-state index in [1.807, 2.05) is 12.1 Å². The molecule has 1 N–H and O–H groups in total. The average Bonchev–Trinajstić information content (AvgIpc) is 3.26. The standard InChI is InChI=1S/C17H19N3O5/c21-15(18-7-11-3-4-13-14(6-11)25-10-24-13)8-19-9-16(22)20-5-1-2-12(20)17(19)23/h3-4,6,12H,1-2,5,7-10H2,(H,18,21). The molecule has 3 amide bonds.